The molecular formula is C24H25ClN2O2. The number of allylic oxidation sites excluding steroid dienone is 4. The fourth-order valence-electron chi connectivity index (χ4n) is 3.39. The number of alkyl halides is 1. The molecule has 3 rings (SSSR count). The van der Waals surface area contributed by atoms with Crippen LogP contribution in [0, 0.1) is 11.3 Å². The number of aliphatic hydroxyl groups excluding tert-OH is 1. The summed E-state index contributed by atoms with van der Waals surface area (Å²) in [5, 5.41) is 19.8. The molecule has 1 heterocycles. The summed E-state index contributed by atoms with van der Waals surface area (Å²) in [6, 6.07) is 13.8. The van der Waals surface area contributed by atoms with Crippen molar-refractivity contribution in [2.24, 2.45) is 0 Å². The highest BCUT2D eigenvalue weighted by atomic mass is 35.5. The topological polar surface area (TPSA) is 66.1 Å². The van der Waals surface area contributed by atoms with Crippen LogP contribution in [-0.4, -0.2) is 27.2 Å². The van der Waals surface area contributed by atoms with Crippen molar-refractivity contribution in [1.29, 1.82) is 5.26 Å². The van der Waals surface area contributed by atoms with E-state index in [1.165, 1.54) is 0 Å². The molecule has 4 nitrogen and oxygen atoms in total. The molecule has 3 atom stereocenters. The molecular weight excluding hydrogens is 384 g/mol. The van der Waals surface area contributed by atoms with Crippen molar-refractivity contribution in [3.8, 4) is 11.8 Å². The average molecular weight is 409 g/mol. The molecule has 1 aromatic carbocycles. The minimum atomic E-state index is -0.981. The van der Waals surface area contributed by atoms with Crippen LogP contribution < -0.4 is 4.74 Å². The van der Waals surface area contributed by atoms with Crippen molar-refractivity contribution in [3.05, 3.63) is 78.1 Å². The van der Waals surface area contributed by atoms with Gasteiger partial charge in [-0.2, -0.15) is 5.26 Å². The number of aryl methyl sites for hydroxylation is 1. The van der Waals surface area contributed by atoms with E-state index in [4.69, 9.17) is 16.3 Å². The minimum absolute atomic E-state index is 0.275. The molecule has 2 aromatic rings. The summed E-state index contributed by atoms with van der Waals surface area (Å²) < 4.78 is 6.04. The third-order valence-corrected chi connectivity index (χ3v) is 5.43. The summed E-state index contributed by atoms with van der Waals surface area (Å²) in [4.78, 5) is 3.13. The zero-order chi connectivity index (χ0) is 20.7. The largest absolute Gasteiger partial charge is 0.488 e. The van der Waals surface area contributed by atoms with E-state index in [-0.39, 0.29) is 6.10 Å². The van der Waals surface area contributed by atoms with Crippen molar-refractivity contribution in [1.82, 2.24) is 4.98 Å². The van der Waals surface area contributed by atoms with E-state index in [1.54, 1.807) is 12.3 Å². The first-order valence-electron chi connectivity index (χ1n) is 9.85. The Balaban J connectivity index is 1.60. The monoisotopic (exact) mass is 408 g/mol. The Kier molecular flexibility index (Phi) is 7.09. The second kappa shape index (κ2) is 9.73. The second-order valence-electron chi connectivity index (χ2n) is 7.26. The molecule has 0 aliphatic heterocycles. The number of ether oxygens (including phenoxy) is 1. The molecule has 0 bridgehead atoms. The molecule has 1 N–H and O–H groups in total. The molecule has 1 aliphatic carbocycles. The fraction of sp³-hybridized carbons (Fsp3) is 0.333. The number of rotatable bonds is 8. The van der Waals surface area contributed by atoms with Gasteiger partial charge in [0.1, 0.15) is 11.9 Å². The first-order chi connectivity index (χ1) is 14.0. The maximum atomic E-state index is 10.6. The molecule has 1 aliphatic rings. The zero-order valence-electron chi connectivity index (χ0n) is 16.5. The molecule has 1 aromatic heterocycles. The van der Waals surface area contributed by atoms with E-state index >= 15 is 0 Å². The number of aromatic nitrogens is 1. The van der Waals surface area contributed by atoms with Crippen molar-refractivity contribution in [2.75, 3.05) is 0 Å². The zero-order valence-corrected chi connectivity index (χ0v) is 17.2. The summed E-state index contributed by atoms with van der Waals surface area (Å²) in [6.07, 6.45) is 10.8. The van der Waals surface area contributed by atoms with Gasteiger partial charge in [0, 0.05) is 18.8 Å². The number of pyridine rings is 1. The number of benzene rings is 1. The Hall–Kier alpha value is -2.61. The number of aliphatic hydroxyl groups is 1. The van der Waals surface area contributed by atoms with Gasteiger partial charge in [-0.3, -0.25) is 4.98 Å². The highest BCUT2D eigenvalue weighted by Crippen LogP contribution is 2.34. The van der Waals surface area contributed by atoms with Crippen molar-refractivity contribution < 1.29 is 9.84 Å². The third-order valence-electron chi connectivity index (χ3n) is 5.09. The highest BCUT2D eigenvalue weighted by molar-refractivity contribution is 6.28. The Morgan fingerprint density at radius 1 is 1.31 bits per heavy atom. The molecule has 5 heteroatoms. The Morgan fingerprint density at radius 3 is 2.76 bits per heavy atom. The van der Waals surface area contributed by atoms with Crippen LogP contribution in [0.15, 0.2) is 67.0 Å². The lowest BCUT2D eigenvalue weighted by molar-refractivity contribution is 0.0291. The van der Waals surface area contributed by atoms with Crippen LogP contribution in [0.1, 0.15) is 37.3 Å². The maximum Gasteiger partial charge on any atom is 0.153 e. The van der Waals surface area contributed by atoms with Gasteiger partial charge in [-0.1, -0.05) is 48.9 Å². The molecule has 0 radical (unpaired) electrons. The van der Waals surface area contributed by atoms with Gasteiger partial charge in [-0.05, 0) is 60.2 Å². The lowest BCUT2D eigenvalue weighted by atomic mass is 9.90. The van der Waals surface area contributed by atoms with Gasteiger partial charge in [-0.15, -0.1) is 0 Å². The van der Waals surface area contributed by atoms with E-state index in [0.29, 0.717) is 25.0 Å². The van der Waals surface area contributed by atoms with Crippen LogP contribution in [-0.2, 0) is 6.42 Å². The van der Waals surface area contributed by atoms with E-state index in [2.05, 4.69) is 11.1 Å². The predicted octanol–water partition coefficient (Wildman–Crippen LogP) is 5.08. The van der Waals surface area contributed by atoms with Crippen LogP contribution in [0.4, 0.5) is 0 Å². The first kappa shape index (κ1) is 21.1. The molecule has 0 saturated heterocycles. The molecule has 150 valence electrons. The molecule has 0 fully saturated rings. The molecule has 0 saturated carbocycles. The van der Waals surface area contributed by atoms with Crippen LogP contribution >= 0.6 is 11.6 Å². The van der Waals surface area contributed by atoms with Crippen molar-refractivity contribution in [3.63, 3.8) is 0 Å². The van der Waals surface area contributed by atoms with Gasteiger partial charge in [0.05, 0.1) is 12.2 Å². The Morgan fingerprint density at radius 2 is 2.10 bits per heavy atom. The van der Waals surface area contributed by atoms with Crippen LogP contribution in [0.25, 0.3) is 5.57 Å². The summed E-state index contributed by atoms with van der Waals surface area (Å²) in [5.74, 6) is 0.713. The molecule has 0 amide bonds. The Labute approximate surface area is 177 Å². The van der Waals surface area contributed by atoms with Crippen LogP contribution in [0.2, 0.25) is 0 Å². The van der Waals surface area contributed by atoms with E-state index in [1.807, 2.05) is 61.7 Å². The number of hydrogen-bond donors (Lipinski definition) is 1. The lowest BCUT2D eigenvalue weighted by Gasteiger charge is -2.24. The Bertz CT molecular complexity index is 903. The van der Waals surface area contributed by atoms with Crippen LogP contribution in [0.5, 0.6) is 5.75 Å². The summed E-state index contributed by atoms with van der Waals surface area (Å²) in [7, 11) is 0. The van der Waals surface area contributed by atoms with Gasteiger partial charge >= 0.3 is 0 Å². The second-order valence-corrected chi connectivity index (χ2v) is 7.93. The van der Waals surface area contributed by atoms with Gasteiger partial charge in [0.2, 0.25) is 0 Å². The number of nitriles is 1. The average Bonchev–Trinajstić information content (AvgIpc) is 2.77. The van der Waals surface area contributed by atoms with Gasteiger partial charge in [-0.25, -0.2) is 0 Å². The maximum absolute atomic E-state index is 10.6. The number of halogens is 1. The summed E-state index contributed by atoms with van der Waals surface area (Å²) >= 11 is 6.29. The summed E-state index contributed by atoms with van der Waals surface area (Å²) in [5.41, 5.74) is 3.12. The van der Waals surface area contributed by atoms with Crippen molar-refractivity contribution in [2.45, 2.75) is 49.7 Å². The van der Waals surface area contributed by atoms with Gasteiger partial charge in [0.15, 0.2) is 4.87 Å². The molecule has 0 spiro atoms. The van der Waals surface area contributed by atoms with E-state index in [0.717, 1.165) is 23.1 Å². The normalized spacial score (nSPS) is 20.4. The standard InChI is InChI=1S/C24H25ClN2O2/c1-2-23(22(28)12-7-18-5-4-14-27-16-18)29-21-10-8-19(9-11-21)20-6-3-13-24(25,15-20)17-26/h3-6,8-11,13-14,16,22-23,28H,2,7,12,15H2,1H3/t22-,23+,24?/m1/s1. The SMILES string of the molecule is CC[C@H](Oc1ccc(C2=CC=CC(Cl)(C#N)C2)cc1)[C@H](O)CCc1cccnc1. The van der Waals surface area contributed by atoms with Gasteiger partial charge < -0.3 is 9.84 Å². The quantitative estimate of drug-likeness (QED) is 0.618. The van der Waals surface area contributed by atoms with Crippen LogP contribution in [0.3, 0.4) is 0 Å². The number of nitrogens with zero attached hydrogens (tertiary/aromatic N) is 2. The summed E-state index contributed by atoms with van der Waals surface area (Å²) in [6.45, 7) is 2.01. The first-order valence-corrected chi connectivity index (χ1v) is 10.2. The molecule has 1 unspecified atom stereocenters. The minimum Gasteiger partial charge on any atom is -0.488 e. The van der Waals surface area contributed by atoms with Gasteiger partial charge in [0.25, 0.3) is 0 Å². The van der Waals surface area contributed by atoms with Crippen molar-refractivity contribution >= 4 is 17.2 Å². The smallest absolute Gasteiger partial charge is 0.153 e. The molecule has 29 heavy (non-hydrogen) atoms. The lowest BCUT2D eigenvalue weighted by Crippen LogP contribution is -2.31. The number of hydrogen-bond acceptors (Lipinski definition) is 4. The third kappa shape index (κ3) is 5.69. The predicted molar refractivity (Wildman–Crippen MR) is 116 cm³/mol. The van der Waals surface area contributed by atoms with E-state index < -0.39 is 11.0 Å². The highest BCUT2D eigenvalue weighted by Gasteiger charge is 2.27. The fourth-order valence-corrected chi connectivity index (χ4v) is 3.61. The van der Waals surface area contributed by atoms with E-state index in [9.17, 15) is 10.4 Å².